The Labute approximate surface area is 131 Å². The quantitative estimate of drug-likeness (QED) is 0.667. The van der Waals surface area contributed by atoms with Gasteiger partial charge in [-0.2, -0.15) is 0 Å². The van der Waals surface area contributed by atoms with E-state index in [0.29, 0.717) is 12.0 Å². The molecule has 0 aromatic heterocycles. The molecule has 1 nitrogen and oxygen atoms in total. The van der Waals surface area contributed by atoms with Gasteiger partial charge in [-0.1, -0.05) is 78.9 Å². The molecular formula is C21H19N. The zero-order valence-electron chi connectivity index (χ0n) is 12.4. The van der Waals surface area contributed by atoms with Gasteiger partial charge in [0.2, 0.25) is 0 Å². The SMILES string of the molecule is c1ccc([C@@H]2C[C@@H](c3ccccc3)Nc3ccccc32)cc1. The molecule has 0 aliphatic carbocycles. The highest BCUT2D eigenvalue weighted by Gasteiger charge is 2.27. The molecule has 3 aromatic carbocycles. The highest BCUT2D eigenvalue weighted by Crippen LogP contribution is 2.43. The van der Waals surface area contributed by atoms with E-state index in [1.54, 1.807) is 0 Å². The third-order valence-electron chi connectivity index (χ3n) is 4.54. The molecule has 1 heterocycles. The first kappa shape index (κ1) is 13.1. The van der Waals surface area contributed by atoms with Gasteiger partial charge in [0, 0.05) is 11.6 Å². The van der Waals surface area contributed by atoms with E-state index >= 15 is 0 Å². The second kappa shape index (κ2) is 5.69. The molecule has 4 rings (SSSR count). The van der Waals surface area contributed by atoms with Gasteiger partial charge < -0.3 is 5.32 Å². The van der Waals surface area contributed by atoms with E-state index in [4.69, 9.17) is 0 Å². The van der Waals surface area contributed by atoms with Crippen molar-refractivity contribution in [3.8, 4) is 0 Å². The number of anilines is 1. The van der Waals surface area contributed by atoms with Crippen LogP contribution in [0, 0.1) is 0 Å². The molecular weight excluding hydrogens is 266 g/mol. The lowest BCUT2D eigenvalue weighted by molar-refractivity contribution is 0.603. The van der Waals surface area contributed by atoms with E-state index in [2.05, 4.69) is 90.2 Å². The average molecular weight is 285 g/mol. The molecule has 0 radical (unpaired) electrons. The summed E-state index contributed by atoms with van der Waals surface area (Å²) in [6.07, 6.45) is 1.09. The molecule has 0 unspecified atom stereocenters. The van der Waals surface area contributed by atoms with Crippen LogP contribution < -0.4 is 5.32 Å². The Morgan fingerprint density at radius 2 is 1.23 bits per heavy atom. The second-order valence-electron chi connectivity index (χ2n) is 5.89. The maximum Gasteiger partial charge on any atom is 0.0523 e. The molecule has 1 heteroatoms. The third kappa shape index (κ3) is 2.39. The van der Waals surface area contributed by atoms with Crippen LogP contribution in [-0.2, 0) is 0 Å². The second-order valence-corrected chi connectivity index (χ2v) is 5.89. The van der Waals surface area contributed by atoms with E-state index in [-0.39, 0.29) is 0 Å². The number of para-hydroxylation sites is 1. The highest BCUT2D eigenvalue weighted by atomic mass is 14.9. The topological polar surface area (TPSA) is 12.0 Å². The molecule has 0 amide bonds. The van der Waals surface area contributed by atoms with Crippen LogP contribution in [0.5, 0.6) is 0 Å². The minimum atomic E-state index is 0.362. The molecule has 3 aromatic rings. The molecule has 0 spiro atoms. The Kier molecular flexibility index (Phi) is 3.40. The van der Waals surface area contributed by atoms with Gasteiger partial charge in [-0.25, -0.2) is 0 Å². The zero-order chi connectivity index (χ0) is 14.8. The first-order valence-corrected chi connectivity index (χ1v) is 7.87. The van der Waals surface area contributed by atoms with Gasteiger partial charge in [0.25, 0.3) is 0 Å². The Hall–Kier alpha value is -2.54. The van der Waals surface area contributed by atoms with Crippen molar-refractivity contribution >= 4 is 5.69 Å². The first-order chi connectivity index (χ1) is 10.9. The van der Waals surface area contributed by atoms with Crippen molar-refractivity contribution in [2.75, 3.05) is 5.32 Å². The van der Waals surface area contributed by atoms with Crippen molar-refractivity contribution in [3.05, 3.63) is 102 Å². The molecule has 0 saturated heterocycles. The number of fused-ring (bicyclic) bond motifs is 1. The summed E-state index contributed by atoms with van der Waals surface area (Å²) >= 11 is 0. The Morgan fingerprint density at radius 1 is 0.636 bits per heavy atom. The van der Waals surface area contributed by atoms with Crippen LogP contribution in [0.1, 0.15) is 35.1 Å². The van der Waals surface area contributed by atoms with E-state index in [1.807, 2.05) is 0 Å². The van der Waals surface area contributed by atoms with Gasteiger partial charge in [-0.15, -0.1) is 0 Å². The number of hydrogen-bond acceptors (Lipinski definition) is 1. The maximum absolute atomic E-state index is 3.71. The Balaban J connectivity index is 1.77. The summed E-state index contributed by atoms with van der Waals surface area (Å²) in [5.74, 6) is 0.448. The van der Waals surface area contributed by atoms with Crippen molar-refractivity contribution < 1.29 is 0 Å². The molecule has 108 valence electrons. The van der Waals surface area contributed by atoms with Crippen LogP contribution in [-0.4, -0.2) is 0 Å². The van der Waals surface area contributed by atoms with Crippen molar-refractivity contribution in [2.24, 2.45) is 0 Å². The lowest BCUT2D eigenvalue weighted by Crippen LogP contribution is -2.22. The molecule has 0 bridgehead atoms. The van der Waals surface area contributed by atoms with Gasteiger partial charge in [-0.05, 0) is 29.2 Å². The Morgan fingerprint density at radius 3 is 1.95 bits per heavy atom. The van der Waals surface area contributed by atoms with Crippen LogP contribution in [0.2, 0.25) is 0 Å². The largest absolute Gasteiger partial charge is 0.378 e. The van der Waals surface area contributed by atoms with Crippen molar-refractivity contribution in [3.63, 3.8) is 0 Å². The van der Waals surface area contributed by atoms with Crippen LogP contribution in [0.15, 0.2) is 84.9 Å². The fraction of sp³-hybridized carbons (Fsp3) is 0.143. The average Bonchev–Trinajstić information content (AvgIpc) is 2.62. The van der Waals surface area contributed by atoms with Crippen LogP contribution >= 0.6 is 0 Å². The van der Waals surface area contributed by atoms with Crippen LogP contribution in [0.25, 0.3) is 0 Å². The van der Waals surface area contributed by atoms with Gasteiger partial charge in [0.15, 0.2) is 0 Å². The summed E-state index contributed by atoms with van der Waals surface area (Å²) in [4.78, 5) is 0. The third-order valence-corrected chi connectivity index (χ3v) is 4.54. The molecule has 0 saturated carbocycles. The molecule has 1 aliphatic rings. The Bertz CT molecular complexity index is 749. The van der Waals surface area contributed by atoms with E-state index in [0.717, 1.165) is 6.42 Å². The lowest BCUT2D eigenvalue weighted by Gasteiger charge is -2.34. The number of hydrogen-bond donors (Lipinski definition) is 1. The minimum Gasteiger partial charge on any atom is -0.378 e. The maximum atomic E-state index is 3.71. The van der Waals surface area contributed by atoms with Gasteiger partial charge in [0.05, 0.1) is 6.04 Å². The number of benzene rings is 3. The molecule has 0 fully saturated rings. The summed E-state index contributed by atoms with van der Waals surface area (Å²) in [6.45, 7) is 0. The van der Waals surface area contributed by atoms with E-state index < -0.39 is 0 Å². The zero-order valence-corrected chi connectivity index (χ0v) is 12.4. The smallest absolute Gasteiger partial charge is 0.0523 e. The van der Waals surface area contributed by atoms with E-state index in [1.165, 1.54) is 22.4 Å². The van der Waals surface area contributed by atoms with Crippen molar-refractivity contribution in [2.45, 2.75) is 18.4 Å². The highest BCUT2D eigenvalue weighted by molar-refractivity contribution is 5.59. The summed E-state index contributed by atoms with van der Waals surface area (Å²) in [5, 5.41) is 3.71. The fourth-order valence-electron chi connectivity index (χ4n) is 3.45. The molecule has 22 heavy (non-hydrogen) atoms. The predicted molar refractivity (Wildman–Crippen MR) is 92.1 cm³/mol. The van der Waals surface area contributed by atoms with Gasteiger partial charge in [-0.3, -0.25) is 0 Å². The number of rotatable bonds is 2. The lowest BCUT2D eigenvalue weighted by atomic mass is 9.80. The van der Waals surface area contributed by atoms with E-state index in [9.17, 15) is 0 Å². The van der Waals surface area contributed by atoms with Crippen LogP contribution in [0.3, 0.4) is 0 Å². The summed E-state index contributed by atoms with van der Waals surface area (Å²) in [7, 11) is 0. The van der Waals surface area contributed by atoms with Crippen molar-refractivity contribution in [1.82, 2.24) is 0 Å². The first-order valence-electron chi connectivity index (χ1n) is 7.87. The van der Waals surface area contributed by atoms with Gasteiger partial charge in [0.1, 0.15) is 0 Å². The normalized spacial score (nSPS) is 20.0. The van der Waals surface area contributed by atoms with Crippen molar-refractivity contribution in [1.29, 1.82) is 0 Å². The fourth-order valence-corrected chi connectivity index (χ4v) is 3.45. The standard InChI is InChI=1S/C21H19N/c1-3-9-16(10-4-1)19-15-21(17-11-5-2-6-12-17)22-20-14-8-7-13-18(19)20/h1-14,19,21-22H,15H2/t19-,21-/m0/s1. The molecule has 2 atom stereocenters. The monoisotopic (exact) mass is 285 g/mol. The predicted octanol–water partition coefficient (Wildman–Crippen LogP) is 5.38. The summed E-state index contributed by atoms with van der Waals surface area (Å²) in [6, 6.07) is 30.7. The summed E-state index contributed by atoms with van der Waals surface area (Å²) in [5.41, 5.74) is 5.42. The number of nitrogens with one attached hydrogen (secondary N) is 1. The van der Waals surface area contributed by atoms with Gasteiger partial charge >= 0.3 is 0 Å². The molecule has 1 aliphatic heterocycles. The minimum absolute atomic E-state index is 0.362. The molecule has 1 N–H and O–H groups in total. The summed E-state index contributed by atoms with van der Waals surface area (Å²) < 4.78 is 0. The van der Waals surface area contributed by atoms with Crippen LogP contribution in [0.4, 0.5) is 5.69 Å².